The summed E-state index contributed by atoms with van der Waals surface area (Å²) in [6, 6.07) is 0.323. The van der Waals surface area contributed by atoms with Crippen molar-refractivity contribution in [3.63, 3.8) is 0 Å². The minimum atomic E-state index is -0.548. The Hall–Kier alpha value is -0.640. The summed E-state index contributed by atoms with van der Waals surface area (Å²) in [4.78, 5) is 13.0. The molecule has 19 heavy (non-hydrogen) atoms. The second-order valence-corrected chi connectivity index (χ2v) is 6.88. The first-order chi connectivity index (χ1) is 9.04. The van der Waals surface area contributed by atoms with Crippen molar-refractivity contribution in [3.05, 3.63) is 0 Å². The molecule has 0 heterocycles. The Kier molecular flexibility index (Phi) is 4.82. The summed E-state index contributed by atoms with van der Waals surface area (Å²) in [6.45, 7) is 2.30. The largest absolute Gasteiger partial charge is 0.392 e. The zero-order valence-electron chi connectivity index (χ0n) is 11.9. The number of hydrogen-bond donors (Lipinski definition) is 2. The number of thiocarbonyl (C=S) groups is 1. The third kappa shape index (κ3) is 3.28. The lowest BCUT2D eigenvalue weighted by Gasteiger charge is -2.29. The predicted octanol–water partition coefficient (Wildman–Crippen LogP) is 2.92. The van der Waals surface area contributed by atoms with Gasteiger partial charge in [0, 0.05) is 6.04 Å². The Balaban J connectivity index is 1.97. The summed E-state index contributed by atoms with van der Waals surface area (Å²) >= 11 is 5.17. The van der Waals surface area contributed by atoms with Crippen LogP contribution in [0.25, 0.3) is 0 Å². The molecule has 0 saturated heterocycles. The highest BCUT2D eigenvalue weighted by Gasteiger charge is 2.44. The van der Waals surface area contributed by atoms with Crippen molar-refractivity contribution < 1.29 is 4.79 Å². The lowest BCUT2D eigenvalue weighted by molar-refractivity contribution is -0.128. The average molecular weight is 282 g/mol. The van der Waals surface area contributed by atoms with Crippen LogP contribution in [-0.2, 0) is 4.79 Å². The number of nitrogens with two attached hydrogens (primary N) is 1. The van der Waals surface area contributed by atoms with E-state index in [1.165, 1.54) is 19.3 Å². The molecule has 0 radical (unpaired) electrons. The van der Waals surface area contributed by atoms with Gasteiger partial charge < -0.3 is 11.1 Å². The number of hydrogen-bond acceptors (Lipinski definition) is 2. The zero-order chi connectivity index (χ0) is 13.9. The minimum absolute atomic E-state index is 0.0945. The highest BCUT2D eigenvalue weighted by atomic mass is 32.1. The molecule has 0 aliphatic heterocycles. The van der Waals surface area contributed by atoms with E-state index in [2.05, 4.69) is 12.2 Å². The number of carbonyl (C=O) groups excluding carboxylic acids is 1. The van der Waals surface area contributed by atoms with Crippen molar-refractivity contribution in [1.82, 2.24) is 5.32 Å². The molecule has 0 aromatic rings. The second-order valence-electron chi connectivity index (χ2n) is 6.44. The average Bonchev–Trinajstić information content (AvgIpc) is 2.78. The second kappa shape index (κ2) is 6.21. The maximum atomic E-state index is 12.6. The van der Waals surface area contributed by atoms with E-state index in [1.807, 2.05) is 0 Å². The third-order valence-corrected chi connectivity index (χ3v) is 5.35. The zero-order valence-corrected chi connectivity index (χ0v) is 12.7. The Morgan fingerprint density at radius 2 is 1.84 bits per heavy atom. The molecule has 2 saturated carbocycles. The topological polar surface area (TPSA) is 55.1 Å². The van der Waals surface area contributed by atoms with Gasteiger partial charge >= 0.3 is 0 Å². The van der Waals surface area contributed by atoms with E-state index in [-0.39, 0.29) is 5.91 Å². The fourth-order valence-electron chi connectivity index (χ4n) is 3.52. The van der Waals surface area contributed by atoms with E-state index in [1.54, 1.807) is 0 Å². The van der Waals surface area contributed by atoms with Crippen LogP contribution < -0.4 is 11.1 Å². The molecule has 2 aliphatic carbocycles. The summed E-state index contributed by atoms with van der Waals surface area (Å²) in [5, 5.41) is 3.24. The molecule has 0 spiro atoms. The molecule has 0 aromatic carbocycles. The first-order valence-electron chi connectivity index (χ1n) is 7.65. The number of rotatable bonds is 3. The van der Waals surface area contributed by atoms with Crippen molar-refractivity contribution in [2.24, 2.45) is 17.1 Å². The Labute approximate surface area is 121 Å². The Morgan fingerprint density at radius 3 is 2.47 bits per heavy atom. The molecule has 3 nitrogen and oxygen atoms in total. The SMILES string of the molecule is CC1CCCC(NC(=O)C2(C(N)=S)CCCC2)CC1. The highest BCUT2D eigenvalue weighted by Crippen LogP contribution is 2.39. The van der Waals surface area contributed by atoms with Crippen LogP contribution in [0.2, 0.25) is 0 Å². The van der Waals surface area contributed by atoms with Crippen LogP contribution in [0.4, 0.5) is 0 Å². The van der Waals surface area contributed by atoms with E-state index in [4.69, 9.17) is 18.0 Å². The number of nitrogens with one attached hydrogen (secondary N) is 1. The van der Waals surface area contributed by atoms with E-state index in [0.717, 1.165) is 44.4 Å². The van der Waals surface area contributed by atoms with Gasteiger partial charge in [0.25, 0.3) is 0 Å². The molecule has 2 aliphatic rings. The van der Waals surface area contributed by atoms with Gasteiger partial charge in [-0.25, -0.2) is 0 Å². The molecule has 2 fully saturated rings. The van der Waals surface area contributed by atoms with Crippen molar-refractivity contribution in [1.29, 1.82) is 0 Å². The Bertz CT molecular complexity index is 350. The lowest BCUT2D eigenvalue weighted by Crippen LogP contribution is -2.50. The van der Waals surface area contributed by atoms with Crippen molar-refractivity contribution in [2.75, 3.05) is 0 Å². The molecular formula is C15H26N2OS. The van der Waals surface area contributed by atoms with Gasteiger partial charge in [0.05, 0.1) is 10.4 Å². The molecule has 1 amide bonds. The van der Waals surface area contributed by atoms with Crippen LogP contribution in [0.3, 0.4) is 0 Å². The summed E-state index contributed by atoms with van der Waals surface area (Å²) in [7, 11) is 0. The normalized spacial score (nSPS) is 30.6. The number of amides is 1. The van der Waals surface area contributed by atoms with Crippen molar-refractivity contribution in [2.45, 2.75) is 70.8 Å². The summed E-state index contributed by atoms with van der Waals surface area (Å²) in [5.74, 6) is 0.884. The molecule has 2 rings (SSSR count). The number of carbonyl (C=O) groups is 1. The predicted molar refractivity (Wildman–Crippen MR) is 81.9 cm³/mol. The Morgan fingerprint density at radius 1 is 1.16 bits per heavy atom. The molecular weight excluding hydrogens is 256 g/mol. The van der Waals surface area contributed by atoms with Gasteiger partial charge in [-0.15, -0.1) is 0 Å². The van der Waals surface area contributed by atoms with Gasteiger partial charge in [0.15, 0.2) is 0 Å². The van der Waals surface area contributed by atoms with Gasteiger partial charge in [-0.05, 0) is 38.0 Å². The molecule has 2 unspecified atom stereocenters. The van der Waals surface area contributed by atoms with Gasteiger partial charge in [0.1, 0.15) is 0 Å². The minimum Gasteiger partial charge on any atom is -0.392 e. The van der Waals surface area contributed by atoms with Crippen LogP contribution in [0.1, 0.15) is 64.7 Å². The molecule has 3 N–H and O–H groups in total. The lowest BCUT2D eigenvalue weighted by atomic mass is 9.84. The van der Waals surface area contributed by atoms with Crippen LogP contribution in [0, 0.1) is 11.3 Å². The van der Waals surface area contributed by atoms with Crippen molar-refractivity contribution >= 4 is 23.1 Å². The fraction of sp³-hybridized carbons (Fsp3) is 0.867. The fourth-order valence-corrected chi connectivity index (χ4v) is 3.82. The van der Waals surface area contributed by atoms with Gasteiger partial charge in [-0.2, -0.15) is 0 Å². The quantitative estimate of drug-likeness (QED) is 0.618. The van der Waals surface area contributed by atoms with Gasteiger partial charge in [-0.1, -0.05) is 44.8 Å². The first kappa shape index (κ1) is 14.8. The maximum absolute atomic E-state index is 12.6. The highest BCUT2D eigenvalue weighted by molar-refractivity contribution is 7.80. The van der Waals surface area contributed by atoms with Crippen LogP contribution in [0.15, 0.2) is 0 Å². The van der Waals surface area contributed by atoms with E-state index >= 15 is 0 Å². The first-order valence-corrected chi connectivity index (χ1v) is 8.06. The maximum Gasteiger partial charge on any atom is 0.233 e. The van der Waals surface area contributed by atoms with E-state index in [0.29, 0.717) is 11.0 Å². The smallest absolute Gasteiger partial charge is 0.233 e. The standard InChI is InChI=1S/C15H26N2OS/c1-11-5-4-6-12(8-7-11)17-14(18)15(13(16)19)9-2-3-10-15/h11-12H,2-10H2,1H3,(H2,16,19)(H,17,18). The third-order valence-electron chi connectivity index (χ3n) is 4.96. The van der Waals surface area contributed by atoms with E-state index in [9.17, 15) is 4.79 Å². The molecule has 0 bridgehead atoms. The van der Waals surface area contributed by atoms with Crippen molar-refractivity contribution in [3.8, 4) is 0 Å². The summed E-state index contributed by atoms with van der Waals surface area (Å²) in [5.41, 5.74) is 5.31. The van der Waals surface area contributed by atoms with Gasteiger partial charge in [0.2, 0.25) is 5.91 Å². The molecule has 4 heteroatoms. The van der Waals surface area contributed by atoms with Crippen LogP contribution in [0.5, 0.6) is 0 Å². The molecule has 2 atom stereocenters. The van der Waals surface area contributed by atoms with Crippen LogP contribution >= 0.6 is 12.2 Å². The molecule has 108 valence electrons. The van der Waals surface area contributed by atoms with Gasteiger partial charge in [-0.3, -0.25) is 4.79 Å². The monoisotopic (exact) mass is 282 g/mol. The molecule has 0 aromatic heterocycles. The van der Waals surface area contributed by atoms with Crippen LogP contribution in [-0.4, -0.2) is 16.9 Å². The van der Waals surface area contributed by atoms with E-state index < -0.39 is 5.41 Å². The summed E-state index contributed by atoms with van der Waals surface area (Å²) < 4.78 is 0. The summed E-state index contributed by atoms with van der Waals surface area (Å²) in [6.07, 6.45) is 9.70.